The summed E-state index contributed by atoms with van der Waals surface area (Å²) in [5.74, 6) is 0. The Bertz CT molecular complexity index is 633. The fourth-order valence-corrected chi connectivity index (χ4v) is 5.07. The van der Waals surface area contributed by atoms with Crippen LogP contribution >= 0.6 is 38.6 Å². The molecule has 3 N–H and O–H groups in total. The van der Waals surface area contributed by atoms with Gasteiger partial charge >= 0.3 is 0 Å². The van der Waals surface area contributed by atoms with Crippen molar-refractivity contribution in [1.82, 2.24) is 4.72 Å². The van der Waals surface area contributed by atoms with Crippen LogP contribution in [0.4, 0.5) is 0 Å². The summed E-state index contributed by atoms with van der Waals surface area (Å²) in [5, 5.41) is 1.76. The molecule has 98 valence electrons. The smallest absolute Gasteiger partial charge is 0.250 e. The normalized spacial score (nSPS) is 11.9. The van der Waals surface area contributed by atoms with Crippen molar-refractivity contribution < 1.29 is 8.42 Å². The van der Waals surface area contributed by atoms with Gasteiger partial charge in [0.2, 0.25) is 10.0 Å². The molecule has 0 spiro atoms. The number of rotatable bonds is 5. The van der Waals surface area contributed by atoms with E-state index in [4.69, 9.17) is 5.73 Å². The fourth-order valence-electron chi connectivity index (χ4n) is 1.29. The van der Waals surface area contributed by atoms with Crippen molar-refractivity contribution >= 4 is 48.6 Å². The Morgan fingerprint density at radius 1 is 1.39 bits per heavy atom. The molecule has 18 heavy (non-hydrogen) atoms. The first kappa shape index (κ1) is 14.2. The van der Waals surface area contributed by atoms with Crippen molar-refractivity contribution in [2.75, 3.05) is 0 Å². The Hall–Kier alpha value is -0.250. The Balaban J connectivity index is 2.07. The molecule has 0 bridgehead atoms. The lowest BCUT2D eigenvalue weighted by Crippen LogP contribution is -2.21. The van der Waals surface area contributed by atoms with Gasteiger partial charge in [0.15, 0.2) is 0 Å². The monoisotopic (exact) mass is 366 g/mol. The Kier molecular flexibility index (Phi) is 4.57. The van der Waals surface area contributed by atoms with Gasteiger partial charge in [0.25, 0.3) is 0 Å². The average Bonchev–Trinajstić information content (AvgIpc) is 2.95. The Morgan fingerprint density at radius 2 is 2.17 bits per heavy atom. The van der Waals surface area contributed by atoms with E-state index in [1.54, 1.807) is 11.4 Å². The predicted molar refractivity (Wildman–Crippen MR) is 78.3 cm³/mol. The zero-order valence-electron chi connectivity index (χ0n) is 9.22. The van der Waals surface area contributed by atoms with Crippen molar-refractivity contribution in [2.45, 2.75) is 17.3 Å². The number of nitrogens with two attached hydrogens (primary N) is 1. The summed E-state index contributed by atoms with van der Waals surface area (Å²) in [6.45, 7) is 0.651. The summed E-state index contributed by atoms with van der Waals surface area (Å²) in [7, 11) is -3.43. The van der Waals surface area contributed by atoms with E-state index in [9.17, 15) is 8.42 Å². The first-order valence-electron chi connectivity index (χ1n) is 5.02. The first-order chi connectivity index (χ1) is 8.51. The maximum absolute atomic E-state index is 12.0. The van der Waals surface area contributed by atoms with Crippen LogP contribution in [0.3, 0.4) is 0 Å². The summed E-state index contributed by atoms with van der Waals surface area (Å²) in [4.78, 5) is 0.959. The molecule has 0 unspecified atom stereocenters. The lowest BCUT2D eigenvalue weighted by atomic mass is 10.4. The van der Waals surface area contributed by atoms with Gasteiger partial charge < -0.3 is 5.73 Å². The maximum atomic E-state index is 12.0. The predicted octanol–water partition coefficient (Wildman–Crippen LogP) is 2.51. The van der Waals surface area contributed by atoms with E-state index >= 15 is 0 Å². The lowest BCUT2D eigenvalue weighted by Gasteiger charge is -2.02. The highest BCUT2D eigenvalue weighted by atomic mass is 79.9. The molecule has 0 saturated heterocycles. The second kappa shape index (κ2) is 5.81. The molecule has 8 heteroatoms. The number of thiophene rings is 2. The van der Waals surface area contributed by atoms with Gasteiger partial charge in [-0.05, 0) is 45.1 Å². The Labute approximate surface area is 122 Å². The lowest BCUT2D eigenvalue weighted by molar-refractivity contribution is 0.584. The van der Waals surface area contributed by atoms with E-state index in [-0.39, 0.29) is 0 Å². The summed E-state index contributed by atoms with van der Waals surface area (Å²) >= 11 is 6.03. The number of hydrogen-bond donors (Lipinski definition) is 2. The van der Waals surface area contributed by atoms with Crippen LogP contribution in [0.25, 0.3) is 0 Å². The molecule has 0 atom stereocenters. The van der Waals surface area contributed by atoms with E-state index in [0.717, 1.165) is 14.2 Å². The molecule has 0 saturated carbocycles. The van der Waals surface area contributed by atoms with Crippen LogP contribution in [-0.4, -0.2) is 8.42 Å². The largest absolute Gasteiger partial charge is 0.326 e. The van der Waals surface area contributed by atoms with Gasteiger partial charge in [0, 0.05) is 18.0 Å². The van der Waals surface area contributed by atoms with Crippen LogP contribution in [0, 0.1) is 0 Å². The van der Waals surface area contributed by atoms with E-state index in [0.29, 0.717) is 17.3 Å². The van der Waals surface area contributed by atoms with Gasteiger partial charge in [0.1, 0.15) is 4.21 Å². The van der Waals surface area contributed by atoms with Crippen LogP contribution in [-0.2, 0) is 23.1 Å². The van der Waals surface area contributed by atoms with E-state index in [2.05, 4.69) is 20.7 Å². The van der Waals surface area contributed by atoms with E-state index in [1.165, 1.54) is 22.7 Å². The molecule has 0 aliphatic rings. The Morgan fingerprint density at radius 3 is 2.72 bits per heavy atom. The third-order valence-corrected chi connectivity index (χ3v) is 6.71. The van der Waals surface area contributed by atoms with Gasteiger partial charge in [-0.3, -0.25) is 0 Å². The van der Waals surface area contributed by atoms with Crippen LogP contribution in [0.5, 0.6) is 0 Å². The zero-order valence-corrected chi connectivity index (χ0v) is 13.3. The molecule has 4 nitrogen and oxygen atoms in total. The number of nitrogens with one attached hydrogen (secondary N) is 1. The van der Waals surface area contributed by atoms with Crippen LogP contribution in [0.2, 0.25) is 0 Å². The number of halogens is 1. The second-order valence-electron chi connectivity index (χ2n) is 3.51. The fraction of sp³-hybridized carbons (Fsp3) is 0.200. The minimum absolute atomic E-state index is 0.300. The minimum Gasteiger partial charge on any atom is -0.326 e. The highest BCUT2D eigenvalue weighted by molar-refractivity contribution is 9.11. The number of hydrogen-bond acceptors (Lipinski definition) is 5. The van der Waals surface area contributed by atoms with Crippen molar-refractivity contribution in [3.63, 3.8) is 0 Å². The SMILES string of the molecule is NCc1csc(S(=O)(=O)NCc2ccc(Br)s2)c1. The van der Waals surface area contributed by atoms with Crippen molar-refractivity contribution in [2.24, 2.45) is 5.73 Å². The highest BCUT2D eigenvalue weighted by Crippen LogP contribution is 2.23. The van der Waals surface area contributed by atoms with Gasteiger partial charge in [-0.25, -0.2) is 13.1 Å². The topological polar surface area (TPSA) is 72.2 Å². The van der Waals surface area contributed by atoms with Crippen LogP contribution in [0.15, 0.2) is 31.6 Å². The molecule has 0 radical (unpaired) electrons. The van der Waals surface area contributed by atoms with E-state index in [1.807, 2.05) is 12.1 Å². The standard InChI is InChI=1S/C10H11BrN2O2S3/c11-9-2-1-8(17-9)5-13-18(14,15)10-3-7(4-12)6-16-10/h1-3,6,13H,4-5,12H2. The second-order valence-corrected chi connectivity index (χ2v) is 8.96. The molecular formula is C10H11BrN2O2S3. The zero-order chi connectivity index (χ0) is 13.2. The van der Waals surface area contributed by atoms with Gasteiger partial charge in [-0.2, -0.15) is 0 Å². The molecule has 2 aromatic heterocycles. The summed E-state index contributed by atoms with van der Waals surface area (Å²) < 4.78 is 27.8. The van der Waals surface area contributed by atoms with Crippen LogP contribution in [0.1, 0.15) is 10.4 Å². The molecule has 0 aliphatic carbocycles. The molecule has 0 amide bonds. The van der Waals surface area contributed by atoms with Crippen LogP contribution < -0.4 is 10.5 Å². The van der Waals surface area contributed by atoms with Crippen molar-refractivity contribution in [3.8, 4) is 0 Å². The third-order valence-electron chi connectivity index (χ3n) is 2.20. The van der Waals surface area contributed by atoms with Crippen molar-refractivity contribution in [3.05, 3.63) is 37.8 Å². The van der Waals surface area contributed by atoms with Gasteiger partial charge in [-0.15, -0.1) is 22.7 Å². The molecular weight excluding hydrogens is 356 g/mol. The highest BCUT2D eigenvalue weighted by Gasteiger charge is 2.16. The minimum atomic E-state index is -3.43. The third kappa shape index (κ3) is 3.40. The maximum Gasteiger partial charge on any atom is 0.250 e. The van der Waals surface area contributed by atoms with Crippen molar-refractivity contribution in [1.29, 1.82) is 0 Å². The number of sulfonamides is 1. The van der Waals surface area contributed by atoms with Gasteiger partial charge in [0.05, 0.1) is 3.79 Å². The van der Waals surface area contributed by atoms with E-state index < -0.39 is 10.0 Å². The quantitative estimate of drug-likeness (QED) is 0.853. The molecule has 2 heterocycles. The average molecular weight is 367 g/mol. The molecule has 0 aromatic carbocycles. The first-order valence-corrected chi connectivity index (χ1v) is 9.00. The molecule has 2 aromatic rings. The molecule has 2 rings (SSSR count). The molecule has 0 fully saturated rings. The summed E-state index contributed by atoms with van der Waals surface area (Å²) in [5.41, 5.74) is 6.29. The van der Waals surface area contributed by atoms with Gasteiger partial charge in [-0.1, -0.05) is 0 Å². The molecule has 0 aliphatic heterocycles. The summed E-state index contributed by atoms with van der Waals surface area (Å²) in [6.07, 6.45) is 0. The summed E-state index contributed by atoms with van der Waals surface area (Å²) in [6, 6.07) is 5.39.